The van der Waals surface area contributed by atoms with E-state index >= 15 is 0 Å². The van der Waals surface area contributed by atoms with Crippen LogP contribution in [0.1, 0.15) is 30.4 Å². The second kappa shape index (κ2) is 6.95. The van der Waals surface area contributed by atoms with Crippen molar-refractivity contribution >= 4 is 17.8 Å². The fourth-order valence-corrected chi connectivity index (χ4v) is 3.03. The molecule has 0 N–H and O–H groups in total. The number of hydrogen-bond acceptors (Lipinski definition) is 2. The molecule has 1 saturated heterocycles. The van der Waals surface area contributed by atoms with Crippen molar-refractivity contribution in [2.24, 2.45) is 0 Å². The molecule has 0 bridgehead atoms. The van der Waals surface area contributed by atoms with Gasteiger partial charge in [0, 0.05) is 18.3 Å². The molecule has 1 atom stereocenters. The summed E-state index contributed by atoms with van der Waals surface area (Å²) in [5, 5.41) is 8.93. The van der Waals surface area contributed by atoms with E-state index in [9.17, 15) is 0 Å². The lowest BCUT2D eigenvalue weighted by atomic mass is 10.1. The van der Waals surface area contributed by atoms with Gasteiger partial charge in [-0.25, -0.2) is 0 Å². The van der Waals surface area contributed by atoms with Gasteiger partial charge in [0.05, 0.1) is 12.5 Å². The second-order valence-electron chi connectivity index (χ2n) is 5.69. The molecule has 2 aromatic carbocycles. The Morgan fingerprint density at radius 3 is 2.36 bits per heavy atom. The summed E-state index contributed by atoms with van der Waals surface area (Å²) in [5.74, 6) is 0. The fourth-order valence-electron chi connectivity index (χ4n) is 3.03. The van der Waals surface area contributed by atoms with E-state index in [0.29, 0.717) is 12.5 Å². The van der Waals surface area contributed by atoms with E-state index in [1.54, 1.807) is 0 Å². The van der Waals surface area contributed by atoms with Crippen molar-refractivity contribution in [2.75, 3.05) is 11.4 Å². The average Bonchev–Trinajstić information content (AvgIpc) is 3.03. The Morgan fingerprint density at radius 2 is 1.68 bits per heavy atom. The first-order valence-corrected chi connectivity index (χ1v) is 7.83. The molecule has 0 radical (unpaired) electrons. The molecule has 2 nitrogen and oxygen atoms in total. The minimum atomic E-state index is 0.385. The molecule has 1 aliphatic heterocycles. The SMILES string of the molecule is N#CCC1CCCN1c1ccc(C=Cc2ccccc2)cc1. The molecule has 0 saturated carbocycles. The highest BCUT2D eigenvalue weighted by molar-refractivity contribution is 5.70. The molecule has 0 aliphatic carbocycles. The first kappa shape index (κ1) is 14.4. The highest BCUT2D eigenvalue weighted by atomic mass is 15.2. The van der Waals surface area contributed by atoms with Gasteiger partial charge >= 0.3 is 0 Å². The summed E-state index contributed by atoms with van der Waals surface area (Å²) in [6.45, 7) is 1.06. The van der Waals surface area contributed by atoms with Crippen LogP contribution in [0.25, 0.3) is 12.2 Å². The summed E-state index contributed by atoms with van der Waals surface area (Å²) in [7, 11) is 0. The molecule has 2 aromatic rings. The van der Waals surface area contributed by atoms with Crippen molar-refractivity contribution in [1.29, 1.82) is 5.26 Å². The van der Waals surface area contributed by atoms with Crippen LogP contribution >= 0.6 is 0 Å². The van der Waals surface area contributed by atoms with Gasteiger partial charge in [-0.05, 0) is 36.1 Å². The van der Waals surface area contributed by atoms with Crippen LogP contribution in [0.5, 0.6) is 0 Å². The zero-order valence-corrected chi connectivity index (χ0v) is 12.7. The average molecular weight is 288 g/mol. The lowest BCUT2D eigenvalue weighted by Crippen LogP contribution is -2.28. The number of nitriles is 1. The highest BCUT2D eigenvalue weighted by Gasteiger charge is 2.24. The van der Waals surface area contributed by atoms with E-state index in [1.807, 2.05) is 18.2 Å². The van der Waals surface area contributed by atoms with Crippen molar-refractivity contribution in [3.05, 3.63) is 65.7 Å². The third kappa shape index (κ3) is 3.38. The Hall–Kier alpha value is -2.53. The van der Waals surface area contributed by atoms with Crippen molar-refractivity contribution in [1.82, 2.24) is 0 Å². The van der Waals surface area contributed by atoms with Gasteiger partial charge in [-0.2, -0.15) is 5.26 Å². The smallest absolute Gasteiger partial charge is 0.0643 e. The van der Waals surface area contributed by atoms with E-state index in [-0.39, 0.29) is 0 Å². The number of rotatable bonds is 4. The molecule has 0 aromatic heterocycles. The van der Waals surface area contributed by atoms with E-state index < -0.39 is 0 Å². The largest absolute Gasteiger partial charge is 0.368 e. The van der Waals surface area contributed by atoms with Crippen LogP contribution < -0.4 is 4.90 Å². The lowest BCUT2D eigenvalue weighted by molar-refractivity contribution is 0.683. The molecule has 3 rings (SSSR count). The lowest BCUT2D eigenvalue weighted by Gasteiger charge is -2.25. The van der Waals surface area contributed by atoms with Crippen LogP contribution in [0.2, 0.25) is 0 Å². The fraction of sp³-hybridized carbons (Fsp3) is 0.250. The van der Waals surface area contributed by atoms with Crippen LogP contribution in [-0.4, -0.2) is 12.6 Å². The van der Waals surface area contributed by atoms with Crippen molar-refractivity contribution < 1.29 is 0 Å². The van der Waals surface area contributed by atoms with Crippen molar-refractivity contribution in [3.8, 4) is 6.07 Å². The van der Waals surface area contributed by atoms with Gasteiger partial charge in [-0.15, -0.1) is 0 Å². The predicted molar refractivity (Wildman–Crippen MR) is 92.4 cm³/mol. The predicted octanol–water partition coefficient (Wildman–Crippen LogP) is 4.74. The van der Waals surface area contributed by atoms with Crippen molar-refractivity contribution in [2.45, 2.75) is 25.3 Å². The maximum Gasteiger partial charge on any atom is 0.0643 e. The van der Waals surface area contributed by atoms with Crippen LogP contribution in [-0.2, 0) is 0 Å². The molecule has 1 heterocycles. The third-order valence-electron chi connectivity index (χ3n) is 4.20. The Labute approximate surface area is 132 Å². The standard InChI is InChI=1S/C20H20N2/c21-15-14-19-7-4-16-22(19)20-12-10-18(11-13-20)9-8-17-5-2-1-3-6-17/h1-3,5-6,8-13,19H,4,7,14,16H2. The molecule has 2 heteroatoms. The summed E-state index contributed by atoms with van der Waals surface area (Å²) in [5.41, 5.74) is 3.64. The van der Waals surface area contributed by atoms with Crippen molar-refractivity contribution in [3.63, 3.8) is 0 Å². The second-order valence-corrected chi connectivity index (χ2v) is 5.69. The van der Waals surface area contributed by atoms with E-state index in [4.69, 9.17) is 5.26 Å². The molecule has 1 fully saturated rings. The monoisotopic (exact) mass is 288 g/mol. The summed E-state index contributed by atoms with van der Waals surface area (Å²) < 4.78 is 0. The van der Waals surface area contributed by atoms with Gasteiger partial charge in [-0.3, -0.25) is 0 Å². The van der Waals surface area contributed by atoms with E-state index in [0.717, 1.165) is 13.0 Å². The minimum absolute atomic E-state index is 0.385. The molecule has 0 spiro atoms. The zero-order chi connectivity index (χ0) is 15.2. The molecule has 1 aliphatic rings. The number of benzene rings is 2. The van der Waals surface area contributed by atoms with Crippen LogP contribution in [0.4, 0.5) is 5.69 Å². The zero-order valence-electron chi connectivity index (χ0n) is 12.7. The molecule has 22 heavy (non-hydrogen) atoms. The maximum atomic E-state index is 8.93. The van der Waals surface area contributed by atoms with Gasteiger partial charge < -0.3 is 4.90 Å². The summed E-state index contributed by atoms with van der Waals surface area (Å²) in [6.07, 6.45) is 7.19. The Balaban J connectivity index is 1.70. The van der Waals surface area contributed by atoms with Crippen LogP contribution in [0.3, 0.4) is 0 Å². The van der Waals surface area contributed by atoms with Crippen LogP contribution in [0, 0.1) is 11.3 Å². The van der Waals surface area contributed by atoms with Gasteiger partial charge in [-0.1, -0.05) is 54.6 Å². The first-order chi connectivity index (χ1) is 10.9. The van der Waals surface area contributed by atoms with Gasteiger partial charge in [0.25, 0.3) is 0 Å². The number of nitrogens with zero attached hydrogens (tertiary/aromatic N) is 2. The maximum absolute atomic E-state index is 8.93. The summed E-state index contributed by atoms with van der Waals surface area (Å²) in [4.78, 5) is 2.37. The molecular weight excluding hydrogens is 268 g/mol. The molecule has 0 amide bonds. The summed E-state index contributed by atoms with van der Waals surface area (Å²) in [6, 6.07) is 21.6. The Bertz CT molecular complexity index is 665. The minimum Gasteiger partial charge on any atom is -0.368 e. The van der Waals surface area contributed by atoms with E-state index in [1.165, 1.54) is 23.2 Å². The Kier molecular flexibility index (Phi) is 4.56. The Morgan fingerprint density at radius 1 is 1.00 bits per heavy atom. The number of hydrogen-bond donors (Lipinski definition) is 0. The van der Waals surface area contributed by atoms with Gasteiger partial charge in [0.1, 0.15) is 0 Å². The van der Waals surface area contributed by atoms with Gasteiger partial charge in [0.15, 0.2) is 0 Å². The molecule has 1 unspecified atom stereocenters. The first-order valence-electron chi connectivity index (χ1n) is 7.83. The molecular formula is C20H20N2. The van der Waals surface area contributed by atoms with Gasteiger partial charge in [0.2, 0.25) is 0 Å². The summed E-state index contributed by atoms with van der Waals surface area (Å²) >= 11 is 0. The quantitative estimate of drug-likeness (QED) is 0.760. The normalized spacial score (nSPS) is 17.8. The third-order valence-corrected chi connectivity index (χ3v) is 4.20. The van der Waals surface area contributed by atoms with E-state index in [2.05, 4.69) is 59.5 Å². The topological polar surface area (TPSA) is 27.0 Å². The van der Waals surface area contributed by atoms with Crippen LogP contribution in [0.15, 0.2) is 54.6 Å². The highest BCUT2D eigenvalue weighted by Crippen LogP contribution is 2.27. The number of anilines is 1. The molecule has 110 valence electrons.